The monoisotopic (exact) mass is 480 g/mol. The summed E-state index contributed by atoms with van der Waals surface area (Å²) in [5, 5.41) is 31.0. The molecule has 0 aromatic carbocycles. The van der Waals surface area contributed by atoms with E-state index in [-0.39, 0.29) is 22.3 Å². The van der Waals surface area contributed by atoms with Gasteiger partial charge < -0.3 is 35.4 Å². The lowest BCUT2D eigenvalue weighted by Gasteiger charge is -2.26. The summed E-state index contributed by atoms with van der Waals surface area (Å²) in [6, 6.07) is 0. The maximum atomic E-state index is 12.5. The summed E-state index contributed by atoms with van der Waals surface area (Å²) < 4.78 is 12.3. The van der Waals surface area contributed by atoms with Gasteiger partial charge in [0.1, 0.15) is 17.7 Å². The number of aliphatic hydroxyl groups excluding tert-OH is 1. The van der Waals surface area contributed by atoms with E-state index < -0.39 is 48.6 Å². The Morgan fingerprint density at radius 1 is 1.42 bits per heavy atom. The highest BCUT2D eigenvalue weighted by Gasteiger charge is 2.56. The Labute approximate surface area is 192 Å². The van der Waals surface area contributed by atoms with E-state index >= 15 is 0 Å². The summed E-state index contributed by atoms with van der Waals surface area (Å²) in [6.07, 6.45) is 2.07. The van der Waals surface area contributed by atoms with Crippen LogP contribution in [-0.4, -0.2) is 95.2 Å². The quantitative estimate of drug-likeness (QED) is 0.220. The van der Waals surface area contributed by atoms with Crippen LogP contribution in [0.4, 0.5) is 5.82 Å². The van der Waals surface area contributed by atoms with Gasteiger partial charge in [-0.1, -0.05) is 5.92 Å². The van der Waals surface area contributed by atoms with Crippen molar-refractivity contribution >= 4 is 40.5 Å². The SMILES string of the molecule is C#C[C@@]1(O)[C@@H](COC(C(=O)O)C(=O)N2CCCC2)O[C@@H](n2cnc3c(N)nc(Cl)nc32)[C@@H]1O. The van der Waals surface area contributed by atoms with Gasteiger partial charge in [0.15, 0.2) is 23.3 Å². The molecule has 0 radical (unpaired) electrons. The minimum atomic E-state index is -2.27. The average Bonchev–Trinajstić information content (AvgIpc) is 3.49. The third kappa shape index (κ3) is 3.96. The van der Waals surface area contributed by atoms with Crippen molar-refractivity contribution in [3.8, 4) is 12.3 Å². The van der Waals surface area contributed by atoms with Crippen molar-refractivity contribution < 1.29 is 34.4 Å². The van der Waals surface area contributed by atoms with Crippen molar-refractivity contribution in [1.29, 1.82) is 0 Å². The molecule has 176 valence electrons. The number of carbonyl (C=O) groups excluding carboxylic acids is 1. The lowest BCUT2D eigenvalue weighted by Crippen LogP contribution is -2.50. The fraction of sp³-hybridized carbons (Fsp3) is 0.526. The first-order valence-corrected chi connectivity index (χ1v) is 10.4. The Morgan fingerprint density at radius 2 is 2.12 bits per heavy atom. The van der Waals surface area contributed by atoms with Crippen molar-refractivity contribution in [2.75, 3.05) is 25.4 Å². The maximum Gasteiger partial charge on any atom is 0.342 e. The maximum absolute atomic E-state index is 12.5. The molecule has 1 unspecified atom stereocenters. The number of carboxylic acid groups (broad SMARTS) is 1. The van der Waals surface area contributed by atoms with Crippen molar-refractivity contribution in [3.05, 3.63) is 11.6 Å². The number of aliphatic carboxylic acids is 1. The number of ether oxygens (including phenoxy) is 2. The zero-order chi connectivity index (χ0) is 23.9. The Hall–Kier alpha value is -3.02. The molecule has 0 bridgehead atoms. The number of nitrogens with zero attached hydrogens (tertiary/aromatic N) is 5. The number of likely N-dealkylation sites (tertiary alicyclic amines) is 1. The molecule has 2 aromatic heterocycles. The zero-order valence-corrected chi connectivity index (χ0v) is 17.9. The molecule has 13 nitrogen and oxygen atoms in total. The number of nitrogens with two attached hydrogens (primary N) is 1. The molecule has 4 heterocycles. The van der Waals surface area contributed by atoms with Crippen LogP contribution in [0.2, 0.25) is 5.28 Å². The van der Waals surface area contributed by atoms with E-state index in [4.69, 9.17) is 33.2 Å². The minimum absolute atomic E-state index is 0.00643. The number of hydrogen-bond donors (Lipinski definition) is 4. The second kappa shape index (κ2) is 8.73. The van der Waals surface area contributed by atoms with Gasteiger partial charge in [-0.25, -0.2) is 9.78 Å². The van der Waals surface area contributed by atoms with E-state index in [0.717, 1.165) is 12.8 Å². The van der Waals surface area contributed by atoms with Gasteiger partial charge in [0, 0.05) is 13.1 Å². The van der Waals surface area contributed by atoms with E-state index in [1.165, 1.54) is 15.8 Å². The van der Waals surface area contributed by atoms with Gasteiger partial charge >= 0.3 is 5.97 Å². The van der Waals surface area contributed by atoms with Crippen molar-refractivity contribution in [2.24, 2.45) is 0 Å². The van der Waals surface area contributed by atoms with E-state index in [1.807, 2.05) is 0 Å². The number of carbonyl (C=O) groups is 2. The number of rotatable bonds is 6. The fourth-order valence-corrected chi connectivity index (χ4v) is 4.12. The Morgan fingerprint density at radius 3 is 2.76 bits per heavy atom. The lowest BCUT2D eigenvalue weighted by molar-refractivity contribution is -0.167. The highest BCUT2D eigenvalue weighted by Crippen LogP contribution is 2.39. The van der Waals surface area contributed by atoms with Crippen LogP contribution in [0, 0.1) is 12.3 Å². The minimum Gasteiger partial charge on any atom is -0.479 e. The molecule has 2 saturated heterocycles. The van der Waals surface area contributed by atoms with Gasteiger partial charge in [-0.3, -0.25) is 9.36 Å². The number of terminal acetylenes is 1. The number of amides is 1. The summed E-state index contributed by atoms with van der Waals surface area (Å²) in [6.45, 7) is 0.278. The summed E-state index contributed by atoms with van der Waals surface area (Å²) in [7, 11) is 0. The van der Waals surface area contributed by atoms with Crippen LogP contribution in [0.15, 0.2) is 6.33 Å². The standard InChI is InChI=1S/C19H21ClN6O7/c1-2-19(31)9(7-32-11(17(29)30)15(28)25-5-3-4-6-25)33-16(12(19)27)26-8-22-10-13(21)23-18(20)24-14(10)26/h1,8-9,11-12,16,27,31H,3-7H2,(H,29,30)(H2,21,23,24)/t9-,11?,12+,16-,19-/m1/s1. The molecule has 2 fully saturated rings. The number of imidazole rings is 1. The van der Waals surface area contributed by atoms with Crippen LogP contribution in [0.1, 0.15) is 19.1 Å². The zero-order valence-electron chi connectivity index (χ0n) is 17.2. The Balaban J connectivity index is 1.57. The summed E-state index contributed by atoms with van der Waals surface area (Å²) in [4.78, 5) is 37.5. The molecule has 0 saturated carbocycles. The molecule has 5 atom stereocenters. The van der Waals surface area contributed by atoms with Crippen LogP contribution >= 0.6 is 11.6 Å². The van der Waals surface area contributed by atoms with Gasteiger partial charge in [-0.2, -0.15) is 9.97 Å². The Kier molecular flexibility index (Phi) is 6.12. The lowest BCUT2D eigenvalue weighted by atomic mass is 9.93. The fourth-order valence-electron chi connectivity index (χ4n) is 3.95. The van der Waals surface area contributed by atoms with Gasteiger partial charge in [-0.15, -0.1) is 6.42 Å². The number of hydrogen-bond acceptors (Lipinski definition) is 10. The smallest absolute Gasteiger partial charge is 0.342 e. The number of halogens is 1. The topological polar surface area (TPSA) is 186 Å². The largest absolute Gasteiger partial charge is 0.479 e. The van der Waals surface area contributed by atoms with E-state index in [2.05, 4.69) is 20.9 Å². The third-order valence-electron chi connectivity index (χ3n) is 5.72. The van der Waals surface area contributed by atoms with Crippen LogP contribution in [0.5, 0.6) is 0 Å². The molecule has 4 rings (SSSR count). The van der Waals surface area contributed by atoms with Crippen molar-refractivity contribution in [3.63, 3.8) is 0 Å². The summed E-state index contributed by atoms with van der Waals surface area (Å²) in [5.74, 6) is -0.124. The molecule has 2 aliphatic rings. The van der Waals surface area contributed by atoms with Gasteiger partial charge in [0.2, 0.25) is 11.4 Å². The highest BCUT2D eigenvalue weighted by atomic mass is 35.5. The third-order valence-corrected chi connectivity index (χ3v) is 5.89. The predicted octanol–water partition coefficient (Wildman–Crippen LogP) is -1.22. The van der Waals surface area contributed by atoms with E-state index in [9.17, 15) is 24.9 Å². The molecular weight excluding hydrogens is 460 g/mol. The van der Waals surface area contributed by atoms with E-state index in [1.54, 1.807) is 0 Å². The van der Waals surface area contributed by atoms with Crippen molar-refractivity contribution in [2.45, 2.75) is 43.0 Å². The average molecular weight is 481 g/mol. The molecule has 1 amide bonds. The first-order valence-electron chi connectivity index (χ1n) is 9.99. The second-order valence-electron chi connectivity index (χ2n) is 7.72. The van der Waals surface area contributed by atoms with Crippen LogP contribution in [-0.2, 0) is 19.1 Å². The Bertz CT molecular complexity index is 1130. The molecule has 2 aliphatic heterocycles. The number of aliphatic hydroxyl groups is 2. The first-order chi connectivity index (χ1) is 15.7. The van der Waals surface area contributed by atoms with Gasteiger partial charge in [0.05, 0.1) is 12.9 Å². The molecule has 0 aliphatic carbocycles. The first kappa shape index (κ1) is 23.1. The molecule has 2 aromatic rings. The summed E-state index contributed by atoms with van der Waals surface area (Å²) >= 11 is 5.87. The van der Waals surface area contributed by atoms with Crippen LogP contribution in [0.25, 0.3) is 11.2 Å². The van der Waals surface area contributed by atoms with Crippen molar-refractivity contribution in [1.82, 2.24) is 24.4 Å². The molecule has 33 heavy (non-hydrogen) atoms. The number of nitrogen functional groups attached to an aromatic ring is 1. The van der Waals surface area contributed by atoms with Gasteiger partial charge in [0.25, 0.3) is 5.91 Å². The van der Waals surface area contributed by atoms with Gasteiger partial charge in [-0.05, 0) is 24.4 Å². The molecular formula is C19H21ClN6O7. The van der Waals surface area contributed by atoms with Crippen LogP contribution in [0.3, 0.4) is 0 Å². The molecule has 0 spiro atoms. The number of anilines is 1. The predicted molar refractivity (Wildman–Crippen MR) is 112 cm³/mol. The molecule has 14 heteroatoms. The summed E-state index contributed by atoms with van der Waals surface area (Å²) in [5.41, 5.74) is 3.82. The van der Waals surface area contributed by atoms with E-state index in [0.29, 0.717) is 13.1 Å². The second-order valence-corrected chi connectivity index (χ2v) is 8.05. The normalized spacial score (nSPS) is 28.2. The highest BCUT2D eigenvalue weighted by molar-refractivity contribution is 6.28. The molecule has 5 N–H and O–H groups in total. The van der Waals surface area contributed by atoms with Crippen LogP contribution < -0.4 is 5.73 Å². The number of carboxylic acids is 1. The number of fused-ring (bicyclic) bond motifs is 1. The number of aromatic nitrogens is 4.